The predicted molar refractivity (Wildman–Crippen MR) is 75.4 cm³/mol. The highest BCUT2D eigenvalue weighted by atomic mass is 79.9. The minimum absolute atomic E-state index is 0.0497. The molecule has 1 fully saturated rings. The van der Waals surface area contributed by atoms with Gasteiger partial charge in [-0.2, -0.15) is 0 Å². The molecular formula is C14H17BrFNO2. The van der Waals surface area contributed by atoms with Gasteiger partial charge in [-0.3, -0.25) is 4.79 Å². The van der Waals surface area contributed by atoms with Crippen LogP contribution in [0.2, 0.25) is 0 Å². The van der Waals surface area contributed by atoms with E-state index >= 15 is 0 Å². The summed E-state index contributed by atoms with van der Waals surface area (Å²) in [7, 11) is 1.40. The van der Waals surface area contributed by atoms with E-state index in [1.54, 1.807) is 0 Å². The maximum absolute atomic E-state index is 13.3. The number of rotatable bonds is 3. The smallest absolute Gasteiger partial charge is 0.253 e. The lowest BCUT2D eigenvalue weighted by Crippen LogP contribution is -2.38. The van der Waals surface area contributed by atoms with E-state index in [0.29, 0.717) is 11.5 Å². The van der Waals surface area contributed by atoms with Crippen LogP contribution in [0.15, 0.2) is 18.2 Å². The summed E-state index contributed by atoms with van der Waals surface area (Å²) in [5, 5.41) is 0.986. The van der Waals surface area contributed by atoms with Gasteiger partial charge in [-0.15, -0.1) is 0 Å². The highest BCUT2D eigenvalue weighted by molar-refractivity contribution is 9.09. The van der Waals surface area contributed by atoms with Crippen molar-refractivity contribution in [3.8, 4) is 5.75 Å². The molecule has 0 unspecified atom stereocenters. The number of alkyl halides is 1. The third-order valence-electron chi connectivity index (χ3n) is 3.52. The van der Waals surface area contributed by atoms with Crippen molar-refractivity contribution in [3.05, 3.63) is 29.6 Å². The Morgan fingerprint density at radius 1 is 1.47 bits per heavy atom. The van der Waals surface area contributed by atoms with Crippen LogP contribution < -0.4 is 4.74 Å². The van der Waals surface area contributed by atoms with Crippen molar-refractivity contribution in [3.63, 3.8) is 0 Å². The molecule has 0 aliphatic carbocycles. The first kappa shape index (κ1) is 14.3. The van der Waals surface area contributed by atoms with Crippen molar-refractivity contribution in [2.24, 2.45) is 5.92 Å². The molecule has 19 heavy (non-hydrogen) atoms. The monoisotopic (exact) mass is 329 g/mol. The Morgan fingerprint density at radius 2 is 2.16 bits per heavy atom. The second-order valence-corrected chi connectivity index (χ2v) is 5.39. The van der Waals surface area contributed by atoms with Gasteiger partial charge in [0.05, 0.1) is 7.11 Å². The van der Waals surface area contributed by atoms with E-state index < -0.39 is 5.82 Å². The van der Waals surface area contributed by atoms with Gasteiger partial charge in [-0.1, -0.05) is 15.9 Å². The van der Waals surface area contributed by atoms with Crippen LogP contribution in [0.1, 0.15) is 23.2 Å². The van der Waals surface area contributed by atoms with Gasteiger partial charge < -0.3 is 9.64 Å². The van der Waals surface area contributed by atoms with Crippen LogP contribution in [-0.4, -0.2) is 36.3 Å². The number of amides is 1. The number of piperidine rings is 1. The number of likely N-dealkylation sites (tertiary alicyclic amines) is 1. The summed E-state index contributed by atoms with van der Waals surface area (Å²) in [5.74, 6) is 0.261. The highest BCUT2D eigenvalue weighted by Crippen LogP contribution is 2.23. The van der Waals surface area contributed by atoms with Gasteiger partial charge in [-0.25, -0.2) is 4.39 Å². The summed E-state index contributed by atoms with van der Waals surface area (Å²) < 4.78 is 18.2. The Morgan fingerprint density at radius 3 is 2.74 bits per heavy atom. The summed E-state index contributed by atoms with van der Waals surface area (Å²) in [6, 6.07) is 4.25. The first-order valence-corrected chi connectivity index (χ1v) is 7.46. The third kappa shape index (κ3) is 3.26. The zero-order chi connectivity index (χ0) is 13.8. The van der Waals surface area contributed by atoms with Crippen LogP contribution >= 0.6 is 15.9 Å². The summed E-state index contributed by atoms with van der Waals surface area (Å²) in [6.07, 6.45) is 2.02. The molecule has 0 spiro atoms. The van der Waals surface area contributed by atoms with E-state index in [-0.39, 0.29) is 11.7 Å². The molecule has 0 radical (unpaired) electrons. The molecule has 0 bridgehead atoms. The third-order valence-corrected chi connectivity index (χ3v) is 4.43. The molecule has 2 rings (SSSR count). The molecule has 1 saturated heterocycles. The average molecular weight is 330 g/mol. The van der Waals surface area contributed by atoms with Crippen LogP contribution in [0.3, 0.4) is 0 Å². The zero-order valence-electron chi connectivity index (χ0n) is 10.9. The van der Waals surface area contributed by atoms with E-state index in [1.807, 2.05) is 4.90 Å². The van der Waals surface area contributed by atoms with Gasteiger partial charge in [0.15, 0.2) is 11.6 Å². The number of halogens is 2. The minimum atomic E-state index is -0.447. The Bertz CT molecular complexity index is 459. The van der Waals surface area contributed by atoms with Crippen LogP contribution in [0.4, 0.5) is 4.39 Å². The lowest BCUT2D eigenvalue weighted by Gasteiger charge is -2.31. The SMILES string of the molecule is COc1cc(C(=O)N2CCC(CBr)CC2)ccc1F. The number of carbonyl (C=O) groups is 1. The Labute approximate surface area is 120 Å². The Kier molecular flexibility index (Phi) is 4.80. The topological polar surface area (TPSA) is 29.5 Å². The van der Waals surface area contributed by atoms with Crippen molar-refractivity contribution in [1.29, 1.82) is 0 Å². The molecule has 1 amide bonds. The predicted octanol–water partition coefficient (Wildman–Crippen LogP) is 3.08. The molecule has 1 heterocycles. The van der Waals surface area contributed by atoms with Gasteiger partial charge in [0, 0.05) is 24.0 Å². The van der Waals surface area contributed by atoms with Gasteiger partial charge in [0.1, 0.15) is 0 Å². The number of ether oxygens (including phenoxy) is 1. The lowest BCUT2D eigenvalue weighted by atomic mass is 9.98. The van der Waals surface area contributed by atoms with Crippen LogP contribution in [0, 0.1) is 11.7 Å². The van der Waals surface area contributed by atoms with Crippen LogP contribution in [0.5, 0.6) is 5.75 Å². The summed E-state index contributed by atoms with van der Waals surface area (Å²) >= 11 is 3.48. The van der Waals surface area contributed by atoms with Crippen molar-refractivity contribution in [1.82, 2.24) is 4.90 Å². The molecule has 0 saturated carbocycles. The van der Waals surface area contributed by atoms with Crippen LogP contribution in [0.25, 0.3) is 0 Å². The molecule has 0 aromatic heterocycles. The molecule has 1 aromatic rings. The Balaban J connectivity index is 2.08. The Hall–Kier alpha value is -1.10. The van der Waals surface area contributed by atoms with E-state index in [1.165, 1.54) is 25.3 Å². The van der Waals surface area contributed by atoms with Gasteiger partial charge in [0.25, 0.3) is 5.91 Å². The lowest BCUT2D eigenvalue weighted by molar-refractivity contribution is 0.0698. The molecule has 0 N–H and O–H groups in total. The normalized spacial score (nSPS) is 16.5. The fraction of sp³-hybridized carbons (Fsp3) is 0.500. The molecular weight excluding hydrogens is 313 g/mol. The first-order valence-electron chi connectivity index (χ1n) is 6.34. The molecule has 1 aliphatic rings. The summed E-state index contributed by atoms with van der Waals surface area (Å²) in [4.78, 5) is 14.1. The zero-order valence-corrected chi connectivity index (χ0v) is 12.5. The largest absolute Gasteiger partial charge is 0.494 e. The van der Waals surface area contributed by atoms with Gasteiger partial charge >= 0.3 is 0 Å². The quantitative estimate of drug-likeness (QED) is 0.797. The molecule has 1 aliphatic heterocycles. The fourth-order valence-electron chi connectivity index (χ4n) is 2.27. The van der Waals surface area contributed by atoms with Crippen molar-refractivity contribution >= 4 is 21.8 Å². The second kappa shape index (κ2) is 6.37. The van der Waals surface area contributed by atoms with E-state index in [9.17, 15) is 9.18 Å². The molecule has 104 valence electrons. The van der Waals surface area contributed by atoms with Gasteiger partial charge in [-0.05, 0) is 37.0 Å². The number of nitrogens with zero attached hydrogens (tertiary/aromatic N) is 1. The highest BCUT2D eigenvalue weighted by Gasteiger charge is 2.23. The number of hydrogen-bond donors (Lipinski definition) is 0. The standard InChI is InChI=1S/C14H17BrFNO2/c1-19-13-8-11(2-3-12(13)16)14(18)17-6-4-10(9-15)5-7-17/h2-3,8,10H,4-7,9H2,1H3. The van der Waals surface area contributed by atoms with E-state index in [0.717, 1.165) is 31.3 Å². The van der Waals surface area contributed by atoms with Gasteiger partial charge in [0.2, 0.25) is 0 Å². The number of hydrogen-bond acceptors (Lipinski definition) is 2. The van der Waals surface area contributed by atoms with Crippen molar-refractivity contribution < 1.29 is 13.9 Å². The maximum atomic E-state index is 13.3. The summed E-state index contributed by atoms with van der Waals surface area (Å²) in [6.45, 7) is 1.52. The second-order valence-electron chi connectivity index (χ2n) is 4.74. The van der Waals surface area contributed by atoms with Crippen molar-refractivity contribution in [2.45, 2.75) is 12.8 Å². The van der Waals surface area contributed by atoms with Crippen LogP contribution in [-0.2, 0) is 0 Å². The summed E-state index contributed by atoms with van der Waals surface area (Å²) in [5.41, 5.74) is 0.482. The average Bonchev–Trinajstić information content (AvgIpc) is 2.47. The molecule has 5 heteroatoms. The van der Waals surface area contributed by atoms with E-state index in [4.69, 9.17) is 4.74 Å². The molecule has 0 atom stereocenters. The molecule has 1 aromatic carbocycles. The number of benzene rings is 1. The fourth-order valence-corrected chi connectivity index (χ4v) is 2.91. The first-order chi connectivity index (χ1) is 9.15. The minimum Gasteiger partial charge on any atom is -0.494 e. The maximum Gasteiger partial charge on any atom is 0.253 e. The van der Waals surface area contributed by atoms with Crippen molar-refractivity contribution in [2.75, 3.05) is 25.5 Å². The number of methoxy groups -OCH3 is 1. The van der Waals surface area contributed by atoms with E-state index in [2.05, 4.69) is 15.9 Å². The molecule has 3 nitrogen and oxygen atoms in total. The number of carbonyl (C=O) groups excluding carboxylic acids is 1.